The summed E-state index contributed by atoms with van der Waals surface area (Å²) in [5, 5.41) is 3.72. The van der Waals surface area contributed by atoms with Gasteiger partial charge >= 0.3 is 0 Å². The number of nitrogens with zero attached hydrogens (tertiary/aromatic N) is 3. The van der Waals surface area contributed by atoms with Crippen molar-refractivity contribution in [2.45, 2.75) is 39.4 Å². The first kappa shape index (κ1) is 24.0. The molecule has 0 saturated heterocycles. The van der Waals surface area contributed by atoms with Crippen LogP contribution in [0.15, 0.2) is 84.9 Å². The monoisotopic (exact) mass is 598 g/mol. The van der Waals surface area contributed by atoms with Crippen LogP contribution in [0, 0.1) is 10.5 Å². The minimum atomic E-state index is 0.103. The standard InChI is InChI=1S/C32H31IN4/c1-4-9-30-35-31-21(2)18-24(32-34-27-12-7-8-13-28(27)36(32)3)19-29(31)37(30)20-22-14-16-23(17-15-22)25-10-5-6-11-26(25)33/h5-8,10-19,32,34H,4,9,20H2,1-3H3. The zero-order chi connectivity index (χ0) is 25.5. The molecule has 2 heterocycles. The maximum atomic E-state index is 5.13. The minimum Gasteiger partial charge on any atom is -0.360 e. The van der Waals surface area contributed by atoms with Gasteiger partial charge < -0.3 is 14.8 Å². The predicted octanol–water partition coefficient (Wildman–Crippen LogP) is 8.18. The Balaban J connectivity index is 1.38. The summed E-state index contributed by atoms with van der Waals surface area (Å²) in [5.74, 6) is 1.16. The molecule has 0 radical (unpaired) electrons. The number of aromatic nitrogens is 2. The van der Waals surface area contributed by atoms with Crippen molar-refractivity contribution in [1.29, 1.82) is 0 Å². The molecule has 5 aromatic rings. The number of halogens is 1. The highest BCUT2D eigenvalue weighted by Gasteiger charge is 2.28. The Kier molecular flexibility index (Phi) is 6.41. The first-order chi connectivity index (χ1) is 18.0. The van der Waals surface area contributed by atoms with E-state index in [4.69, 9.17) is 4.98 Å². The van der Waals surface area contributed by atoms with Gasteiger partial charge in [-0.3, -0.25) is 0 Å². The quantitative estimate of drug-likeness (QED) is 0.200. The Morgan fingerprint density at radius 1 is 0.946 bits per heavy atom. The smallest absolute Gasteiger partial charge is 0.125 e. The van der Waals surface area contributed by atoms with Crippen molar-refractivity contribution in [2.24, 2.45) is 0 Å². The molecule has 5 heteroatoms. The van der Waals surface area contributed by atoms with Crippen molar-refractivity contribution >= 4 is 45.0 Å². The van der Waals surface area contributed by atoms with Gasteiger partial charge in [-0.1, -0.05) is 61.5 Å². The van der Waals surface area contributed by atoms with Crippen LogP contribution in [0.4, 0.5) is 11.4 Å². The number of benzene rings is 4. The summed E-state index contributed by atoms with van der Waals surface area (Å²) in [6.45, 7) is 5.24. The van der Waals surface area contributed by atoms with Crippen LogP contribution in [0.25, 0.3) is 22.2 Å². The van der Waals surface area contributed by atoms with E-state index >= 15 is 0 Å². The number of nitrogens with one attached hydrogen (secondary N) is 1. The number of anilines is 2. The number of rotatable bonds is 6. The molecule has 0 amide bonds. The lowest BCUT2D eigenvalue weighted by Crippen LogP contribution is -2.23. The fraction of sp³-hybridized carbons (Fsp3) is 0.219. The summed E-state index contributed by atoms with van der Waals surface area (Å²) in [7, 11) is 2.16. The van der Waals surface area contributed by atoms with E-state index in [2.05, 4.69) is 143 Å². The van der Waals surface area contributed by atoms with Crippen molar-refractivity contribution < 1.29 is 0 Å². The summed E-state index contributed by atoms with van der Waals surface area (Å²) in [4.78, 5) is 7.46. The van der Waals surface area contributed by atoms with Crippen molar-refractivity contribution in [1.82, 2.24) is 9.55 Å². The molecule has 4 nitrogen and oxygen atoms in total. The summed E-state index contributed by atoms with van der Waals surface area (Å²) < 4.78 is 3.70. The molecule has 1 N–H and O–H groups in total. The highest BCUT2D eigenvalue weighted by Crippen LogP contribution is 2.40. The van der Waals surface area contributed by atoms with Crippen molar-refractivity contribution in [3.8, 4) is 11.1 Å². The predicted molar refractivity (Wildman–Crippen MR) is 163 cm³/mol. The number of hydrogen-bond acceptors (Lipinski definition) is 3. The normalized spacial score (nSPS) is 14.7. The lowest BCUT2D eigenvalue weighted by molar-refractivity contribution is 0.721. The number of imidazole rings is 1. The topological polar surface area (TPSA) is 33.1 Å². The number of para-hydroxylation sites is 2. The van der Waals surface area contributed by atoms with Crippen molar-refractivity contribution in [3.63, 3.8) is 0 Å². The molecule has 0 bridgehead atoms. The van der Waals surface area contributed by atoms with Gasteiger partial charge in [-0.15, -0.1) is 0 Å². The average molecular weight is 599 g/mol. The SMILES string of the molecule is CCCc1nc2c(C)cc(C3Nc4ccccc4N3C)cc2n1Cc1ccc(-c2ccccc2I)cc1. The highest BCUT2D eigenvalue weighted by molar-refractivity contribution is 14.1. The Morgan fingerprint density at radius 3 is 2.46 bits per heavy atom. The number of hydrogen-bond donors (Lipinski definition) is 1. The summed E-state index contributed by atoms with van der Waals surface area (Å²) in [5.41, 5.74) is 11.1. The molecule has 4 aromatic carbocycles. The van der Waals surface area contributed by atoms with Crippen LogP contribution in [0.1, 0.15) is 42.0 Å². The molecule has 1 atom stereocenters. The molecule has 1 aromatic heterocycles. The van der Waals surface area contributed by atoms with E-state index in [0.29, 0.717) is 0 Å². The number of fused-ring (bicyclic) bond motifs is 2. The first-order valence-electron chi connectivity index (χ1n) is 13.0. The summed E-state index contributed by atoms with van der Waals surface area (Å²) >= 11 is 2.42. The molecular formula is C32H31IN4. The van der Waals surface area contributed by atoms with Crippen LogP contribution in [0.5, 0.6) is 0 Å². The van der Waals surface area contributed by atoms with Gasteiger partial charge in [0.05, 0.1) is 22.4 Å². The highest BCUT2D eigenvalue weighted by atomic mass is 127. The van der Waals surface area contributed by atoms with Gasteiger partial charge in [-0.05, 0) is 94.1 Å². The van der Waals surface area contributed by atoms with Gasteiger partial charge in [0.15, 0.2) is 0 Å². The van der Waals surface area contributed by atoms with Gasteiger partial charge in [0, 0.05) is 23.6 Å². The van der Waals surface area contributed by atoms with E-state index in [0.717, 1.165) is 30.7 Å². The largest absolute Gasteiger partial charge is 0.360 e. The second kappa shape index (κ2) is 9.86. The zero-order valence-electron chi connectivity index (χ0n) is 21.5. The van der Waals surface area contributed by atoms with E-state index in [1.54, 1.807) is 0 Å². The van der Waals surface area contributed by atoms with E-state index in [9.17, 15) is 0 Å². The molecule has 186 valence electrons. The average Bonchev–Trinajstić information content (AvgIpc) is 3.43. The molecule has 37 heavy (non-hydrogen) atoms. The molecule has 0 spiro atoms. The van der Waals surface area contributed by atoms with E-state index in [1.165, 1.54) is 48.3 Å². The Bertz CT molecular complexity index is 1590. The number of aryl methyl sites for hydroxylation is 2. The fourth-order valence-corrected chi connectivity index (χ4v) is 6.18. The van der Waals surface area contributed by atoms with Crippen molar-refractivity contribution in [3.05, 3.63) is 111 Å². The Labute approximate surface area is 232 Å². The second-order valence-electron chi connectivity index (χ2n) is 9.92. The van der Waals surface area contributed by atoms with Crippen LogP contribution < -0.4 is 10.2 Å². The molecular weight excluding hydrogens is 567 g/mol. The van der Waals surface area contributed by atoms with Gasteiger partial charge in [-0.25, -0.2) is 4.98 Å². The summed E-state index contributed by atoms with van der Waals surface area (Å²) in [6.07, 6.45) is 2.14. The van der Waals surface area contributed by atoms with E-state index in [-0.39, 0.29) is 6.17 Å². The first-order valence-corrected chi connectivity index (χ1v) is 14.0. The maximum Gasteiger partial charge on any atom is 0.125 e. The molecule has 1 unspecified atom stereocenters. The third kappa shape index (κ3) is 4.39. The van der Waals surface area contributed by atoms with Gasteiger partial charge in [0.25, 0.3) is 0 Å². The summed E-state index contributed by atoms with van der Waals surface area (Å²) in [6, 6.07) is 30.7. The van der Waals surface area contributed by atoms with Crippen LogP contribution in [-0.4, -0.2) is 16.6 Å². The third-order valence-electron chi connectivity index (χ3n) is 7.38. The van der Waals surface area contributed by atoms with Gasteiger partial charge in [0.2, 0.25) is 0 Å². The Hall–Kier alpha value is -3.32. The zero-order valence-corrected chi connectivity index (χ0v) is 23.7. The lowest BCUT2D eigenvalue weighted by Gasteiger charge is -2.23. The van der Waals surface area contributed by atoms with Crippen molar-refractivity contribution in [2.75, 3.05) is 17.3 Å². The molecule has 0 fully saturated rings. The lowest BCUT2D eigenvalue weighted by atomic mass is 10.0. The molecule has 6 rings (SSSR count). The van der Waals surface area contributed by atoms with Gasteiger partial charge in [-0.2, -0.15) is 0 Å². The Morgan fingerprint density at radius 2 is 1.70 bits per heavy atom. The van der Waals surface area contributed by atoms with Crippen LogP contribution >= 0.6 is 22.6 Å². The van der Waals surface area contributed by atoms with Crippen LogP contribution in [0.3, 0.4) is 0 Å². The maximum absolute atomic E-state index is 5.13. The minimum absolute atomic E-state index is 0.103. The molecule has 1 aliphatic heterocycles. The fourth-order valence-electron chi connectivity index (χ4n) is 5.48. The molecule has 1 aliphatic rings. The molecule has 0 saturated carbocycles. The third-order valence-corrected chi connectivity index (χ3v) is 8.32. The molecule has 0 aliphatic carbocycles. The van der Waals surface area contributed by atoms with E-state index in [1.807, 2.05) is 0 Å². The van der Waals surface area contributed by atoms with E-state index < -0.39 is 0 Å². The van der Waals surface area contributed by atoms with Gasteiger partial charge in [0.1, 0.15) is 12.0 Å². The second-order valence-corrected chi connectivity index (χ2v) is 11.1. The van der Waals surface area contributed by atoms with Crippen LogP contribution in [0.2, 0.25) is 0 Å². The van der Waals surface area contributed by atoms with Crippen LogP contribution in [-0.2, 0) is 13.0 Å².